The fourth-order valence-electron chi connectivity index (χ4n) is 3.12. The molecule has 0 N–H and O–H groups in total. The molecule has 2 nitrogen and oxygen atoms in total. The highest BCUT2D eigenvalue weighted by Crippen LogP contribution is 2.45. The molecule has 1 aliphatic carbocycles. The Kier molecular flexibility index (Phi) is 4.26. The number of ether oxygens (including phenoxy) is 1. The molecule has 0 fully saturated rings. The molecule has 0 spiro atoms. The Hall–Kier alpha value is -2.26. The van der Waals surface area contributed by atoms with Crippen LogP contribution in [0.2, 0.25) is 0 Å². The smallest absolute Gasteiger partial charge is 0.137 e. The van der Waals surface area contributed by atoms with Crippen LogP contribution in [0.5, 0.6) is 0 Å². The summed E-state index contributed by atoms with van der Waals surface area (Å²) in [5.74, 6) is 1.30. The number of carbonyl (C=O) groups excluding carboxylic acids is 1. The van der Waals surface area contributed by atoms with Crippen molar-refractivity contribution in [2.24, 2.45) is 0 Å². The summed E-state index contributed by atoms with van der Waals surface area (Å²) in [5, 5.41) is 4.44. The Bertz CT molecular complexity index is 821. The predicted octanol–water partition coefficient (Wildman–Crippen LogP) is 4.69. The Morgan fingerprint density at radius 1 is 1.00 bits per heavy atom. The fraction of sp³-hybridized carbons (Fsp3) is 0.190. The Balaban J connectivity index is 1.46. The van der Waals surface area contributed by atoms with Crippen LogP contribution in [0.15, 0.2) is 76.1 Å². The summed E-state index contributed by atoms with van der Waals surface area (Å²) in [4.78, 5) is 13.0. The van der Waals surface area contributed by atoms with E-state index in [-0.39, 0.29) is 0 Å². The lowest BCUT2D eigenvalue weighted by atomic mass is 9.91. The molecule has 3 heteroatoms. The maximum Gasteiger partial charge on any atom is 0.137 e. The third kappa shape index (κ3) is 3.31. The van der Waals surface area contributed by atoms with Crippen LogP contribution >= 0.6 is 10.9 Å². The lowest BCUT2D eigenvalue weighted by Crippen LogP contribution is -2.13. The number of ketones is 1. The zero-order valence-corrected chi connectivity index (χ0v) is 14.3. The summed E-state index contributed by atoms with van der Waals surface area (Å²) in [6, 6.07) is 16.8. The average molecular weight is 336 g/mol. The van der Waals surface area contributed by atoms with Crippen LogP contribution in [0.25, 0.3) is 0 Å². The number of rotatable bonds is 4. The fourth-order valence-corrected chi connectivity index (χ4v) is 4.82. The summed E-state index contributed by atoms with van der Waals surface area (Å²) in [6.07, 6.45) is 4.25. The van der Waals surface area contributed by atoms with Gasteiger partial charge in [0.05, 0.1) is 0 Å². The topological polar surface area (TPSA) is 26.3 Å². The first-order chi connectivity index (χ1) is 11.8. The van der Waals surface area contributed by atoms with E-state index in [1.165, 1.54) is 21.6 Å². The van der Waals surface area contributed by atoms with E-state index < -0.39 is 10.9 Å². The highest BCUT2D eigenvalue weighted by Gasteiger charge is 2.17. The predicted molar refractivity (Wildman–Crippen MR) is 99.2 cm³/mol. The van der Waals surface area contributed by atoms with Gasteiger partial charge in [-0.25, -0.2) is 0 Å². The maximum absolute atomic E-state index is 11.7. The summed E-state index contributed by atoms with van der Waals surface area (Å²) in [6.45, 7) is 0.596. The first kappa shape index (κ1) is 15.3. The molecule has 2 aliphatic rings. The molecule has 2 aromatic carbocycles. The van der Waals surface area contributed by atoms with Gasteiger partial charge in [0.2, 0.25) is 0 Å². The minimum atomic E-state index is -0.468. The zero-order valence-electron chi connectivity index (χ0n) is 13.4. The second-order valence-corrected chi connectivity index (χ2v) is 8.08. The van der Waals surface area contributed by atoms with Gasteiger partial charge in [-0.3, -0.25) is 4.79 Å². The molecule has 0 aromatic heterocycles. The molecule has 1 unspecified atom stereocenters. The van der Waals surface area contributed by atoms with Gasteiger partial charge in [-0.2, -0.15) is 10.9 Å². The number of hydrogen-bond donors (Lipinski definition) is 1. The van der Waals surface area contributed by atoms with Crippen molar-refractivity contribution in [2.75, 3.05) is 0 Å². The Morgan fingerprint density at radius 2 is 1.88 bits per heavy atom. The van der Waals surface area contributed by atoms with Crippen LogP contribution in [0, 0.1) is 0 Å². The van der Waals surface area contributed by atoms with Gasteiger partial charge in [0.15, 0.2) is 0 Å². The summed E-state index contributed by atoms with van der Waals surface area (Å²) >= 11 is 0. The van der Waals surface area contributed by atoms with Gasteiger partial charge < -0.3 is 4.74 Å². The van der Waals surface area contributed by atoms with Crippen LogP contribution < -0.4 is 0 Å². The minimum absolute atomic E-state index is 0.358. The number of hydrogen-bond acceptors (Lipinski definition) is 2. The monoisotopic (exact) mass is 336 g/mol. The van der Waals surface area contributed by atoms with Crippen LogP contribution in [-0.2, 0) is 29.0 Å². The highest BCUT2D eigenvalue weighted by molar-refractivity contribution is 8.22. The van der Waals surface area contributed by atoms with E-state index in [1.54, 1.807) is 0 Å². The van der Waals surface area contributed by atoms with Gasteiger partial charge in [-0.1, -0.05) is 36.4 Å². The molecule has 1 atom stereocenters. The van der Waals surface area contributed by atoms with Crippen molar-refractivity contribution in [3.05, 3.63) is 87.9 Å². The van der Waals surface area contributed by atoms with Crippen molar-refractivity contribution in [1.82, 2.24) is 0 Å². The Morgan fingerprint density at radius 3 is 2.75 bits per heavy atom. The van der Waals surface area contributed by atoms with Crippen molar-refractivity contribution in [1.29, 1.82) is 0 Å². The number of fused-ring (bicyclic) bond motifs is 1. The molecule has 0 amide bonds. The van der Waals surface area contributed by atoms with E-state index in [0.717, 1.165) is 12.2 Å². The molecule has 1 heterocycles. The van der Waals surface area contributed by atoms with E-state index in [0.29, 0.717) is 25.2 Å². The number of thiol groups is 1. The quantitative estimate of drug-likeness (QED) is 0.820. The van der Waals surface area contributed by atoms with Gasteiger partial charge in [0.25, 0.3) is 0 Å². The van der Waals surface area contributed by atoms with Crippen LogP contribution in [0.1, 0.15) is 23.1 Å². The number of Topliss-reactive ketones (excluding diaryl/α,β-unsaturated/α-hetero) is 1. The molecule has 2 aromatic rings. The van der Waals surface area contributed by atoms with Gasteiger partial charge in [-0.05, 0) is 51.6 Å². The van der Waals surface area contributed by atoms with E-state index >= 15 is 0 Å². The molecule has 4 rings (SSSR count). The second-order valence-electron chi connectivity index (χ2n) is 6.20. The van der Waals surface area contributed by atoms with E-state index in [2.05, 4.69) is 47.2 Å². The largest absolute Gasteiger partial charge is 0.488 e. The van der Waals surface area contributed by atoms with Crippen LogP contribution in [0.4, 0.5) is 0 Å². The molecule has 1 aliphatic heterocycles. The number of carbonyl (C=O) groups is 1. The lowest BCUT2D eigenvalue weighted by Gasteiger charge is -2.18. The minimum Gasteiger partial charge on any atom is -0.488 e. The number of allylic oxidation sites excluding steroid dienone is 1. The molecular weight excluding hydrogens is 316 g/mol. The van der Waals surface area contributed by atoms with Crippen molar-refractivity contribution in [2.45, 2.75) is 30.8 Å². The standard InChI is InChI=1S/C21H20O2S/c22-19-8-6-17-7-9-21(13-18(17)12-19)24-11-10-20(15-24)23-14-16-4-2-1-3-5-16/h1-5,7,9-11,13,15,24H,6,8,12,14H2. The van der Waals surface area contributed by atoms with Gasteiger partial charge in [0, 0.05) is 18.2 Å². The number of aryl methyl sites for hydroxylation is 1. The molecular formula is C21H20O2S. The highest BCUT2D eigenvalue weighted by atomic mass is 32.2. The zero-order chi connectivity index (χ0) is 16.4. The van der Waals surface area contributed by atoms with Crippen molar-refractivity contribution >= 4 is 16.7 Å². The summed E-state index contributed by atoms with van der Waals surface area (Å²) in [5.41, 5.74) is 3.73. The maximum atomic E-state index is 11.7. The third-order valence-corrected chi connectivity index (χ3v) is 6.34. The van der Waals surface area contributed by atoms with Gasteiger partial charge in [0.1, 0.15) is 18.1 Å². The average Bonchev–Trinajstić information content (AvgIpc) is 3.09. The SMILES string of the molecule is O=C1CCc2ccc([SH]3C=CC(OCc4ccccc4)=C3)cc2C1. The van der Waals surface area contributed by atoms with E-state index in [4.69, 9.17) is 4.74 Å². The van der Waals surface area contributed by atoms with Crippen LogP contribution in [0.3, 0.4) is 0 Å². The van der Waals surface area contributed by atoms with E-state index in [1.807, 2.05) is 18.2 Å². The van der Waals surface area contributed by atoms with Crippen molar-refractivity contribution in [3.63, 3.8) is 0 Å². The first-order valence-electron chi connectivity index (χ1n) is 8.26. The van der Waals surface area contributed by atoms with Gasteiger partial charge in [-0.15, -0.1) is 0 Å². The third-order valence-electron chi connectivity index (χ3n) is 4.46. The molecule has 24 heavy (non-hydrogen) atoms. The molecule has 122 valence electrons. The van der Waals surface area contributed by atoms with Crippen molar-refractivity contribution in [3.8, 4) is 0 Å². The van der Waals surface area contributed by atoms with Gasteiger partial charge >= 0.3 is 0 Å². The number of benzene rings is 2. The second kappa shape index (κ2) is 6.70. The van der Waals surface area contributed by atoms with E-state index in [9.17, 15) is 4.79 Å². The lowest BCUT2D eigenvalue weighted by molar-refractivity contribution is -0.118. The normalized spacial score (nSPS) is 20.6. The molecule has 0 radical (unpaired) electrons. The summed E-state index contributed by atoms with van der Waals surface area (Å²) < 4.78 is 5.91. The molecule has 0 saturated carbocycles. The Labute approximate surface area is 145 Å². The summed E-state index contributed by atoms with van der Waals surface area (Å²) in [7, 11) is -0.468. The molecule has 0 bridgehead atoms. The first-order valence-corrected chi connectivity index (χ1v) is 9.74. The van der Waals surface area contributed by atoms with Crippen LogP contribution in [-0.4, -0.2) is 5.78 Å². The van der Waals surface area contributed by atoms with Crippen molar-refractivity contribution < 1.29 is 9.53 Å². The molecule has 0 saturated heterocycles.